The van der Waals surface area contributed by atoms with E-state index in [-0.39, 0.29) is 0 Å². The number of hydrogen-bond acceptors (Lipinski definition) is 5. The zero-order valence-corrected chi connectivity index (χ0v) is 13.7. The van der Waals surface area contributed by atoms with Gasteiger partial charge in [-0.15, -0.1) is 0 Å². The molecule has 2 aromatic carbocycles. The second-order valence-corrected chi connectivity index (χ2v) is 5.31. The van der Waals surface area contributed by atoms with Crippen LogP contribution in [0.25, 0.3) is 0 Å². The van der Waals surface area contributed by atoms with Crippen LogP contribution in [0.3, 0.4) is 0 Å². The number of nitrogens with zero attached hydrogens (tertiary/aromatic N) is 1. The minimum atomic E-state index is 0.290. The van der Waals surface area contributed by atoms with Gasteiger partial charge in [0, 0.05) is 25.3 Å². The van der Waals surface area contributed by atoms with Crippen LogP contribution in [0.5, 0.6) is 23.0 Å². The summed E-state index contributed by atoms with van der Waals surface area (Å²) < 4.78 is 21.7. The van der Waals surface area contributed by atoms with E-state index in [2.05, 4.69) is 4.90 Å². The van der Waals surface area contributed by atoms with Gasteiger partial charge < -0.3 is 23.8 Å². The first-order valence-corrected chi connectivity index (χ1v) is 7.61. The summed E-state index contributed by atoms with van der Waals surface area (Å²) in [4.78, 5) is 2.15. The molecule has 0 spiro atoms. The molecule has 122 valence electrons. The Morgan fingerprint density at radius 3 is 2.65 bits per heavy atom. The van der Waals surface area contributed by atoms with Crippen molar-refractivity contribution in [2.75, 3.05) is 32.5 Å². The first kappa shape index (κ1) is 15.3. The molecule has 1 heterocycles. The van der Waals surface area contributed by atoms with E-state index in [9.17, 15) is 0 Å². The fourth-order valence-electron chi connectivity index (χ4n) is 2.58. The minimum Gasteiger partial charge on any atom is -0.493 e. The van der Waals surface area contributed by atoms with Crippen molar-refractivity contribution in [3.8, 4) is 23.0 Å². The fraction of sp³-hybridized carbons (Fsp3) is 0.333. The molecule has 0 saturated heterocycles. The summed E-state index contributed by atoms with van der Waals surface area (Å²) >= 11 is 0. The SMILES string of the molecule is CCOc1cc(CN(C)c2ccc3c(c2)OCO3)ccc1OC. The highest BCUT2D eigenvalue weighted by Gasteiger charge is 2.15. The van der Waals surface area contributed by atoms with Gasteiger partial charge in [0.1, 0.15) is 0 Å². The van der Waals surface area contributed by atoms with Crippen LogP contribution in [-0.4, -0.2) is 27.6 Å². The van der Waals surface area contributed by atoms with Gasteiger partial charge in [-0.25, -0.2) is 0 Å². The van der Waals surface area contributed by atoms with Crippen LogP contribution in [0.4, 0.5) is 5.69 Å². The quantitative estimate of drug-likeness (QED) is 0.816. The Morgan fingerprint density at radius 2 is 1.87 bits per heavy atom. The summed E-state index contributed by atoms with van der Waals surface area (Å²) in [7, 11) is 3.69. The van der Waals surface area contributed by atoms with Crippen LogP contribution in [0.2, 0.25) is 0 Å². The maximum absolute atomic E-state index is 5.64. The van der Waals surface area contributed by atoms with Crippen LogP contribution in [0.15, 0.2) is 36.4 Å². The predicted molar refractivity (Wildman–Crippen MR) is 88.8 cm³/mol. The van der Waals surface area contributed by atoms with Crippen LogP contribution in [0, 0.1) is 0 Å². The molecule has 0 unspecified atom stereocenters. The highest BCUT2D eigenvalue weighted by atomic mass is 16.7. The van der Waals surface area contributed by atoms with Crippen LogP contribution in [0.1, 0.15) is 12.5 Å². The maximum Gasteiger partial charge on any atom is 0.231 e. The van der Waals surface area contributed by atoms with Crippen molar-refractivity contribution in [1.29, 1.82) is 0 Å². The number of ether oxygens (including phenoxy) is 4. The topological polar surface area (TPSA) is 40.2 Å². The average molecular weight is 315 g/mol. The molecular formula is C18H21NO4. The molecule has 0 saturated carbocycles. The van der Waals surface area contributed by atoms with Gasteiger partial charge in [-0.2, -0.15) is 0 Å². The summed E-state index contributed by atoms with van der Waals surface area (Å²) in [6.07, 6.45) is 0. The Bertz CT molecular complexity index is 687. The monoisotopic (exact) mass is 315 g/mol. The molecule has 0 bridgehead atoms. The molecular weight excluding hydrogens is 294 g/mol. The zero-order chi connectivity index (χ0) is 16.2. The number of anilines is 1. The molecule has 2 aromatic rings. The van der Waals surface area contributed by atoms with Gasteiger partial charge in [0.25, 0.3) is 0 Å². The number of fused-ring (bicyclic) bond motifs is 1. The van der Waals surface area contributed by atoms with Crippen molar-refractivity contribution in [2.45, 2.75) is 13.5 Å². The van der Waals surface area contributed by atoms with Gasteiger partial charge in [0.2, 0.25) is 6.79 Å². The molecule has 0 N–H and O–H groups in total. The molecule has 0 fully saturated rings. The van der Waals surface area contributed by atoms with E-state index in [1.807, 2.05) is 50.4 Å². The summed E-state index contributed by atoms with van der Waals surface area (Å²) in [5.74, 6) is 3.11. The second-order valence-electron chi connectivity index (χ2n) is 5.31. The zero-order valence-electron chi connectivity index (χ0n) is 13.7. The molecule has 0 aromatic heterocycles. The van der Waals surface area contributed by atoms with E-state index in [0.29, 0.717) is 13.4 Å². The van der Waals surface area contributed by atoms with Crippen molar-refractivity contribution in [3.63, 3.8) is 0 Å². The summed E-state index contributed by atoms with van der Waals surface area (Å²) in [5.41, 5.74) is 2.22. The summed E-state index contributed by atoms with van der Waals surface area (Å²) in [6.45, 7) is 3.62. The smallest absolute Gasteiger partial charge is 0.231 e. The second kappa shape index (κ2) is 6.69. The lowest BCUT2D eigenvalue weighted by Crippen LogP contribution is -2.16. The van der Waals surface area contributed by atoms with Gasteiger partial charge in [-0.1, -0.05) is 6.07 Å². The average Bonchev–Trinajstić information content (AvgIpc) is 3.03. The van der Waals surface area contributed by atoms with Crippen molar-refractivity contribution in [3.05, 3.63) is 42.0 Å². The van der Waals surface area contributed by atoms with Crippen molar-refractivity contribution < 1.29 is 18.9 Å². The lowest BCUT2D eigenvalue weighted by atomic mass is 10.1. The highest BCUT2D eigenvalue weighted by Crippen LogP contribution is 2.36. The Labute approximate surface area is 136 Å². The molecule has 5 nitrogen and oxygen atoms in total. The minimum absolute atomic E-state index is 0.290. The van der Waals surface area contributed by atoms with Crippen LogP contribution >= 0.6 is 0 Å². The van der Waals surface area contributed by atoms with Gasteiger partial charge in [-0.05, 0) is 36.8 Å². The predicted octanol–water partition coefficient (Wildman–Crippen LogP) is 3.46. The molecule has 0 radical (unpaired) electrons. The Morgan fingerprint density at radius 1 is 1.04 bits per heavy atom. The standard InChI is InChI=1S/C18H21NO4/c1-4-21-17-9-13(5-7-15(17)20-3)11-19(2)14-6-8-16-18(10-14)23-12-22-16/h5-10H,4,11-12H2,1-3H3. The van der Waals surface area contributed by atoms with Gasteiger partial charge in [0.05, 0.1) is 13.7 Å². The normalized spacial score (nSPS) is 12.1. The highest BCUT2D eigenvalue weighted by molar-refractivity contribution is 5.57. The molecule has 0 atom stereocenters. The third kappa shape index (κ3) is 3.28. The third-order valence-corrected chi connectivity index (χ3v) is 3.74. The van der Waals surface area contributed by atoms with E-state index in [0.717, 1.165) is 40.8 Å². The number of methoxy groups -OCH3 is 1. The molecule has 3 rings (SSSR count). The lowest BCUT2D eigenvalue weighted by Gasteiger charge is -2.20. The van der Waals surface area contributed by atoms with Crippen LogP contribution in [-0.2, 0) is 6.54 Å². The van der Waals surface area contributed by atoms with Gasteiger partial charge >= 0.3 is 0 Å². The summed E-state index contributed by atoms with van der Waals surface area (Å²) in [5, 5.41) is 0. The third-order valence-electron chi connectivity index (χ3n) is 3.74. The van der Waals surface area contributed by atoms with Crippen molar-refractivity contribution in [1.82, 2.24) is 0 Å². The Kier molecular flexibility index (Phi) is 4.46. The molecule has 0 amide bonds. The van der Waals surface area contributed by atoms with E-state index in [1.165, 1.54) is 0 Å². The van der Waals surface area contributed by atoms with Crippen molar-refractivity contribution >= 4 is 5.69 Å². The number of hydrogen-bond donors (Lipinski definition) is 0. The molecule has 5 heteroatoms. The first-order valence-electron chi connectivity index (χ1n) is 7.61. The lowest BCUT2D eigenvalue weighted by molar-refractivity contribution is 0.174. The largest absolute Gasteiger partial charge is 0.493 e. The molecule has 1 aliphatic heterocycles. The van der Waals surface area contributed by atoms with Gasteiger partial charge in [-0.3, -0.25) is 0 Å². The molecule has 23 heavy (non-hydrogen) atoms. The van der Waals surface area contributed by atoms with E-state index < -0.39 is 0 Å². The molecule has 1 aliphatic rings. The van der Waals surface area contributed by atoms with Gasteiger partial charge in [0.15, 0.2) is 23.0 Å². The number of benzene rings is 2. The van der Waals surface area contributed by atoms with E-state index in [1.54, 1.807) is 7.11 Å². The fourth-order valence-corrected chi connectivity index (χ4v) is 2.58. The van der Waals surface area contributed by atoms with E-state index >= 15 is 0 Å². The van der Waals surface area contributed by atoms with E-state index in [4.69, 9.17) is 18.9 Å². The Hall–Kier alpha value is -2.56. The maximum atomic E-state index is 5.64. The number of rotatable bonds is 6. The van der Waals surface area contributed by atoms with Crippen LogP contribution < -0.4 is 23.8 Å². The molecule has 0 aliphatic carbocycles. The van der Waals surface area contributed by atoms with Crippen molar-refractivity contribution in [2.24, 2.45) is 0 Å². The first-order chi connectivity index (χ1) is 11.2. The Balaban J connectivity index is 1.77. The summed E-state index contributed by atoms with van der Waals surface area (Å²) in [6, 6.07) is 12.0.